The summed E-state index contributed by atoms with van der Waals surface area (Å²) in [7, 11) is 1.96. The van der Waals surface area contributed by atoms with Gasteiger partial charge in [0.1, 0.15) is 12.0 Å². The van der Waals surface area contributed by atoms with Crippen LogP contribution >= 0.6 is 11.8 Å². The first-order chi connectivity index (χ1) is 19.3. The van der Waals surface area contributed by atoms with Crippen molar-refractivity contribution in [3.05, 3.63) is 83.2 Å². The topological polar surface area (TPSA) is 90.7 Å². The first-order valence-corrected chi connectivity index (χ1v) is 14.7. The predicted molar refractivity (Wildman–Crippen MR) is 157 cm³/mol. The van der Waals surface area contributed by atoms with Crippen LogP contribution in [0.15, 0.2) is 70.5 Å². The average molecular weight is 562 g/mol. The lowest BCUT2D eigenvalue weighted by molar-refractivity contribution is -0.121. The van der Waals surface area contributed by atoms with Crippen molar-refractivity contribution in [3.8, 4) is 0 Å². The quantitative estimate of drug-likeness (QED) is 0.310. The van der Waals surface area contributed by atoms with E-state index in [2.05, 4.69) is 53.2 Å². The molecule has 40 heavy (non-hydrogen) atoms. The Balaban J connectivity index is 0.00000158. The van der Waals surface area contributed by atoms with E-state index in [1.165, 1.54) is 29.0 Å². The van der Waals surface area contributed by atoms with Crippen molar-refractivity contribution in [2.75, 3.05) is 24.3 Å². The molecule has 3 aromatic rings. The monoisotopic (exact) mass is 561 g/mol. The zero-order valence-electron chi connectivity index (χ0n) is 23.1. The van der Waals surface area contributed by atoms with Crippen LogP contribution < -0.4 is 21.5 Å². The second-order valence-electron chi connectivity index (χ2n) is 10.4. The maximum atomic E-state index is 13.7. The molecule has 2 aliphatic heterocycles. The van der Waals surface area contributed by atoms with E-state index in [-0.39, 0.29) is 29.6 Å². The SMILES string of the molecule is CC.CN1NC(N2CCC(=O)NC2=O)c2ccc(C3CC(Cc4ccc(Sc5ccc(N)c(F)c5)cc4)C3)cc21. The normalized spacial score (nSPS) is 21.8. The minimum Gasteiger partial charge on any atom is -0.396 e. The van der Waals surface area contributed by atoms with E-state index in [0.717, 1.165) is 40.3 Å². The molecule has 1 saturated carbocycles. The number of nitrogen functional groups attached to an aromatic ring is 1. The molecule has 9 heteroatoms. The van der Waals surface area contributed by atoms with E-state index < -0.39 is 0 Å². The highest BCUT2D eigenvalue weighted by Crippen LogP contribution is 2.46. The number of fused-ring (bicyclic) bond motifs is 1. The average Bonchev–Trinajstić information content (AvgIpc) is 3.25. The number of imide groups is 1. The van der Waals surface area contributed by atoms with Crippen LogP contribution in [0.1, 0.15) is 61.9 Å². The number of carbonyl (C=O) groups is 2. The van der Waals surface area contributed by atoms with E-state index in [1.807, 2.05) is 32.0 Å². The smallest absolute Gasteiger partial charge is 0.325 e. The number of anilines is 2. The molecule has 0 spiro atoms. The largest absolute Gasteiger partial charge is 0.396 e. The van der Waals surface area contributed by atoms with Gasteiger partial charge in [0, 0.05) is 35.4 Å². The highest BCUT2D eigenvalue weighted by molar-refractivity contribution is 7.99. The van der Waals surface area contributed by atoms with Gasteiger partial charge in [-0.2, -0.15) is 0 Å². The molecule has 3 aliphatic rings. The fourth-order valence-electron chi connectivity index (χ4n) is 5.63. The molecule has 0 aromatic heterocycles. The molecule has 4 N–H and O–H groups in total. The number of hydrazine groups is 1. The lowest BCUT2D eigenvalue weighted by atomic mass is 9.69. The summed E-state index contributed by atoms with van der Waals surface area (Å²) in [5.41, 5.74) is 13.9. The zero-order chi connectivity index (χ0) is 28.4. The maximum absolute atomic E-state index is 13.7. The van der Waals surface area contributed by atoms with Crippen molar-refractivity contribution < 1.29 is 14.0 Å². The first-order valence-electron chi connectivity index (χ1n) is 13.9. The summed E-state index contributed by atoms with van der Waals surface area (Å²) in [5, 5.41) is 4.39. The van der Waals surface area contributed by atoms with Crippen LogP contribution in [-0.2, 0) is 11.2 Å². The Morgan fingerprint density at radius 2 is 1.73 bits per heavy atom. The van der Waals surface area contributed by atoms with Gasteiger partial charge in [-0.05, 0) is 78.6 Å². The van der Waals surface area contributed by atoms with Crippen molar-refractivity contribution in [3.63, 3.8) is 0 Å². The van der Waals surface area contributed by atoms with E-state index in [4.69, 9.17) is 5.73 Å². The summed E-state index contributed by atoms with van der Waals surface area (Å²) in [6, 6.07) is 19.6. The number of amides is 3. The predicted octanol–water partition coefficient (Wildman–Crippen LogP) is 6.22. The van der Waals surface area contributed by atoms with E-state index in [1.54, 1.807) is 11.0 Å². The van der Waals surface area contributed by atoms with Gasteiger partial charge in [0.2, 0.25) is 5.91 Å². The van der Waals surface area contributed by atoms with E-state index >= 15 is 0 Å². The number of carbonyl (C=O) groups excluding carboxylic acids is 2. The van der Waals surface area contributed by atoms with Crippen LogP contribution in [0, 0.1) is 11.7 Å². The fourth-order valence-corrected chi connectivity index (χ4v) is 6.47. The summed E-state index contributed by atoms with van der Waals surface area (Å²) in [5.74, 6) is 0.571. The van der Waals surface area contributed by atoms with Crippen molar-refractivity contribution in [2.24, 2.45) is 5.92 Å². The standard InChI is InChI=1S/C29H30FN5O2S.C2H6/c1-34-26-15-19(4-8-23(26)28(33-34)35-11-10-27(36)32-29(35)37)20-13-18(14-20)12-17-2-5-21(6-3-17)38-22-7-9-25(31)24(30)16-22;1-2/h2-9,15-16,18,20,28,33H,10-14,31H2,1H3,(H,32,36,37);1-2H3. The van der Waals surface area contributed by atoms with Gasteiger partial charge >= 0.3 is 6.03 Å². The molecular weight excluding hydrogens is 525 g/mol. The number of nitrogens with two attached hydrogens (primary N) is 1. The maximum Gasteiger partial charge on any atom is 0.325 e. The number of hydrogen-bond donors (Lipinski definition) is 3. The van der Waals surface area contributed by atoms with Gasteiger partial charge in [0.15, 0.2) is 0 Å². The van der Waals surface area contributed by atoms with Crippen LogP contribution in [0.2, 0.25) is 0 Å². The van der Waals surface area contributed by atoms with Crippen molar-refractivity contribution in [1.29, 1.82) is 0 Å². The summed E-state index contributed by atoms with van der Waals surface area (Å²) >= 11 is 1.53. The number of nitrogens with zero attached hydrogens (tertiary/aromatic N) is 2. The molecule has 1 unspecified atom stereocenters. The second-order valence-corrected chi connectivity index (χ2v) is 11.5. The van der Waals surface area contributed by atoms with Crippen LogP contribution in [0.5, 0.6) is 0 Å². The van der Waals surface area contributed by atoms with Gasteiger partial charge in [0.25, 0.3) is 0 Å². The Bertz CT molecular complexity index is 1390. The van der Waals surface area contributed by atoms with Gasteiger partial charge < -0.3 is 15.6 Å². The number of halogens is 1. The van der Waals surface area contributed by atoms with Gasteiger partial charge in [-0.1, -0.05) is 49.9 Å². The van der Waals surface area contributed by atoms with Crippen molar-refractivity contribution in [1.82, 2.24) is 15.6 Å². The second kappa shape index (κ2) is 11.9. The van der Waals surface area contributed by atoms with Gasteiger partial charge in [-0.25, -0.2) is 14.6 Å². The van der Waals surface area contributed by atoms with E-state index in [9.17, 15) is 14.0 Å². The third-order valence-electron chi connectivity index (χ3n) is 7.79. The Hall–Kier alpha value is -3.56. The molecule has 2 heterocycles. The molecule has 3 aromatic carbocycles. The zero-order valence-corrected chi connectivity index (χ0v) is 23.9. The molecule has 1 atom stereocenters. The Labute approximate surface area is 239 Å². The molecule has 0 bridgehead atoms. The minimum absolute atomic E-state index is 0.168. The van der Waals surface area contributed by atoms with Crippen molar-refractivity contribution in [2.45, 2.75) is 61.4 Å². The third kappa shape index (κ3) is 5.81. The van der Waals surface area contributed by atoms with Gasteiger partial charge in [-0.15, -0.1) is 0 Å². The molecule has 7 nitrogen and oxygen atoms in total. The first kappa shape index (κ1) is 28.0. The van der Waals surface area contributed by atoms with Crippen molar-refractivity contribution >= 4 is 35.1 Å². The number of nitrogens with one attached hydrogen (secondary N) is 2. The van der Waals surface area contributed by atoms with E-state index in [0.29, 0.717) is 24.8 Å². The Morgan fingerprint density at radius 3 is 2.42 bits per heavy atom. The molecule has 6 rings (SSSR count). The Morgan fingerprint density at radius 1 is 1.00 bits per heavy atom. The van der Waals surface area contributed by atoms with Gasteiger partial charge in [0.05, 0.1) is 11.4 Å². The Kier molecular flexibility index (Phi) is 8.32. The molecular formula is C31H36FN5O2S. The highest BCUT2D eigenvalue weighted by Gasteiger charge is 2.37. The van der Waals surface area contributed by atoms with Gasteiger partial charge in [-0.3, -0.25) is 10.1 Å². The summed E-state index contributed by atoms with van der Waals surface area (Å²) in [6.07, 6.45) is 3.39. The molecule has 0 radical (unpaired) electrons. The van der Waals surface area contributed by atoms with Crippen LogP contribution in [0.25, 0.3) is 0 Å². The summed E-state index contributed by atoms with van der Waals surface area (Å²) in [4.78, 5) is 27.5. The molecule has 1 saturated heterocycles. The number of hydrogen-bond acceptors (Lipinski definition) is 6. The van der Waals surface area contributed by atoms with Crippen LogP contribution in [0.4, 0.5) is 20.6 Å². The molecule has 2 fully saturated rings. The minimum atomic E-state index is -0.385. The number of urea groups is 1. The summed E-state index contributed by atoms with van der Waals surface area (Å²) < 4.78 is 13.7. The molecule has 1 aliphatic carbocycles. The van der Waals surface area contributed by atoms with Crippen LogP contribution in [0.3, 0.4) is 0 Å². The summed E-state index contributed by atoms with van der Waals surface area (Å²) in [6.45, 7) is 4.40. The lowest BCUT2D eigenvalue weighted by Gasteiger charge is -2.36. The third-order valence-corrected chi connectivity index (χ3v) is 8.78. The lowest BCUT2D eigenvalue weighted by Crippen LogP contribution is -2.53. The molecule has 210 valence electrons. The molecule has 3 amide bonds. The number of benzene rings is 3. The van der Waals surface area contributed by atoms with Crippen LogP contribution in [-0.4, -0.2) is 30.4 Å². The fraction of sp³-hybridized carbons (Fsp3) is 0.355. The highest BCUT2D eigenvalue weighted by atomic mass is 32.2. The number of rotatable bonds is 6.